The number of nitrogens with one attached hydrogen (secondary N) is 1. The van der Waals surface area contributed by atoms with Gasteiger partial charge in [0.05, 0.1) is 13.0 Å². The SMILES string of the molecule is CC(=O)CCC(=O)O[C@H]1C[C@H](n2cc(C)c(=O)[nH]c2=O)O[C@H]1CO. The van der Waals surface area contributed by atoms with Crippen LogP contribution in [0.5, 0.6) is 0 Å². The minimum atomic E-state index is -0.782. The van der Waals surface area contributed by atoms with Crippen molar-refractivity contribution in [2.45, 2.75) is 51.5 Å². The van der Waals surface area contributed by atoms with E-state index in [1.165, 1.54) is 17.7 Å². The molecule has 1 aromatic rings. The molecular weight excluding hydrogens is 320 g/mol. The first-order valence-corrected chi connectivity index (χ1v) is 7.59. The van der Waals surface area contributed by atoms with E-state index in [0.29, 0.717) is 5.56 Å². The molecule has 0 bridgehead atoms. The Morgan fingerprint density at radius 1 is 1.42 bits per heavy atom. The molecule has 2 rings (SSSR count). The van der Waals surface area contributed by atoms with Crippen LogP contribution < -0.4 is 11.2 Å². The summed E-state index contributed by atoms with van der Waals surface area (Å²) in [5.74, 6) is -0.690. The number of ketones is 1. The fourth-order valence-corrected chi connectivity index (χ4v) is 2.47. The summed E-state index contributed by atoms with van der Waals surface area (Å²) in [5, 5.41) is 9.38. The smallest absolute Gasteiger partial charge is 0.330 e. The summed E-state index contributed by atoms with van der Waals surface area (Å²) in [4.78, 5) is 48.1. The number of hydrogen-bond donors (Lipinski definition) is 2. The van der Waals surface area contributed by atoms with Crippen molar-refractivity contribution in [3.05, 3.63) is 32.6 Å². The quantitative estimate of drug-likeness (QED) is 0.662. The van der Waals surface area contributed by atoms with Gasteiger partial charge in [-0.15, -0.1) is 0 Å². The molecule has 9 heteroatoms. The molecular formula is C15H20N2O7. The van der Waals surface area contributed by atoms with E-state index in [9.17, 15) is 24.3 Å². The molecule has 132 valence electrons. The van der Waals surface area contributed by atoms with Gasteiger partial charge >= 0.3 is 11.7 Å². The van der Waals surface area contributed by atoms with Crippen LogP contribution in [0, 0.1) is 6.92 Å². The summed E-state index contributed by atoms with van der Waals surface area (Å²) in [5.41, 5.74) is -0.795. The van der Waals surface area contributed by atoms with Crippen LogP contribution in [0.2, 0.25) is 0 Å². The van der Waals surface area contributed by atoms with Crippen LogP contribution in [-0.2, 0) is 19.1 Å². The first-order chi connectivity index (χ1) is 11.3. The zero-order valence-corrected chi connectivity index (χ0v) is 13.5. The van der Waals surface area contributed by atoms with Crippen molar-refractivity contribution >= 4 is 11.8 Å². The lowest BCUT2D eigenvalue weighted by molar-refractivity contribution is -0.153. The van der Waals surface area contributed by atoms with Gasteiger partial charge in [0.15, 0.2) is 0 Å². The number of carbonyl (C=O) groups excluding carboxylic acids is 2. The first kappa shape index (κ1) is 18.1. The lowest BCUT2D eigenvalue weighted by Gasteiger charge is -2.16. The number of aryl methyl sites for hydroxylation is 1. The third kappa shape index (κ3) is 4.18. The van der Waals surface area contributed by atoms with Crippen LogP contribution in [0.4, 0.5) is 0 Å². The Labute approximate surface area is 137 Å². The van der Waals surface area contributed by atoms with Gasteiger partial charge < -0.3 is 19.4 Å². The van der Waals surface area contributed by atoms with Gasteiger partial charge in [-0.3, -0.25) is 19.1 Å². The van der Waals surface area contributed by atoms with E-state index in [4.69, 9.17) is 9.47 Å². The lowest BCUT2D eigenvalue weighted by atomic mass is 10.1. The van der Waals surface area contributed by atoms with Crippen molar-refractivity contribution in [3.63, 3.8) is 0 Å². The molecule has 2 heterocycles. The maximum Gasteiger partial charge on any atom is 0.330 e. The number of esters is 1. The van der Waals surface area contributed by atoms with E-state index in [2.05, 4.69) is 4.98 Å². The molecule has 1 aliphatic heterocycles. The number of carbonyl (C=O) groups is 2. The van der Waals surface area contributed by atoms with Crippen molar-refractivity contribution in [2.75, 3.05) is 6.61 Å². The molecule has 3 atom stereocenters. The van der Waals surface area contributed by atoms with Crippen molar-refractivity contribution in [1.82, 2.24) is 9.55 Å². The molecule has 1 fully saturated rings. The number of ether oxygens (including phenoxy) is 2. The number of nitrogens with zero attached hydrogens (tertiary/aromatic N) is 1. The first-order valence-electron chi connectivity index (χ1n) is 7.59. The van der Waals surface area contributed by atoms with E-state index in [1.54, 1.807) is 6.92 Å². The highest BCUT2D eigenvalue weighted by Crippen LogP contribution is 2.30. The van der Waals surface area contributed by atoms with Crippen LogP contribution in [-0.4, -0.2) is 45.2 Å². The maximum atomic E-state index is 11.9. The summed E-state index contributed by atoms with van der Waals surface area (Å²) in [7, 11) is 0. The molecule has 1 saturated heterocycles. The third-order valence-corrected chi connectivity index (χ3v) is 3.78. The molecule has 0 radical (unpaired) electrons. The topological polar surface area (TPSA) is 128 Å². The highest BCUT2D eigenvalue weighted by molar-refractivity contribution is 5.81. The monoisotopic (exact) mass is 340 g/mol. The Morgan fingerprint density at radius 2 is 2.12 bits per heavy atom. The molecule has 24 heavy (non-hydrogen) atoms. The van der Waals surface area contributed by atoms with Crippen LogP contribution in [0.25, 0.3) is 0 Å². The normalized spacial score (nSPS) is 23.2. The van der Waals surface area contributed by atoms with Gasteiger partial charge in [0.2, 0.25) is 0 Å². The van der Waals surface area contributed by atoms with Gasteiger partial charge in [0.25, 0.3) is 5.56 Å². The highest BCUT2D eigenvalue weighted by atomic mass is 16.6. The minimum absolute atomic E-state index is 0.0492. The summed E-state index contributed by atoms with van der Waals surface area (Å²) in [6, 6.07) is 0. The predicted octanol–water partition coefficient (Wildman–Crippen LogP) is -0.594. The maximum absolute atomic E-state index is 11.9. The second-order valence-electron chi connectivity index (χ2n) is 5.76. The van der Waals surface area contributed by atoms with Crippen molar-refractivity contribution in [3.8, 4) is 0 Å². The average Bonchev–Trinajstić information content (AvgIpc) is 2.91. The van der Waals surface area contributed by atoms with Crippen LogP contribution in [0.15, 0.2) is 15.8 Å². The van der Waals surface area contributed by atoms with Gasteiger partial charge in [-0.05, 0) is 13.8 Å². The summed E-state index contributed by atoms with van der Waals surface area (Å²) in [6.45, 7) is 2.54. The highest BCUT2D eigenvalue weighted by Gasteiger charge is 2.39. The van der Waals surface area contributed by atoms with Gasteiger partial charge in [0, 0.05) is 24.6 Å². The van der Waals surface area contributed by atoms with Crippen LogP contribution >= 0.6 is 0 Å². The lowest BCUT2D eigenvalue weighted by Crippen LogP contribution is -2.33. The Hall–Kier alpha value is -2.26. The number of aromatic amines is 1. The van der Waals surface area contributed by atoms with Gasteiger partial charge in [0.1, 0.15) is 24.2 Å². The zero-order chi connectivity index (χ0) is 17.9. The molecule has 0 aromatic carbocycles. The van der Waals surface area contributed by atoms with Crippen molar-refractivity contribution in [1.29, 1.82) is 0 Å². The number of Topliss-reactive ketones (excluding diaryl/α,β-unsaturated/α-hetero) is 1. The van der Waals surface area contributed by atoms with E-state index in [-0.39, 0.29) is 25.0 Å². The van der Waals surface area contributed by atoms with Crippen LogP contribution in [0.1, 0.15) is 38.0 Å². The largest absolute Gasteiger partial charge is 0.459 e. The third-order valence-electron chi connectivity index (χ3n) is 3.78. The molecule has 1 aliphatic rings. The summed E-state index contributed by atoms with van der Waals surface area (Å²) >= 11 is 0. The Balaban J connectivity index is 2.10. The fourth-order valence-electron chi connectivity index (χ4n) is 2.47. The van der Waals surface area contributed by atoms with Gasteiger partial charge in [-0.25, -0.2) is 4.79 Å². The second kappa shape index (κ2) is 7.54. The standard InChI is InChI=1S/C15H20N2O7/c1-8-6-17(15(22)16-14(8)21)12-5-10(11(7-18)23-12)24-13(20)4-3-9(2)19/h6,10-12,18H,3-5,7H2,1-2H3,(H,16,21,22)/t10-,11-,12+/m0/s1. The summed E-state index contributed by atoms with van der Waals surface area (Å²) < 4.78 is 12.0. The van der Waals surface area contributed by atoms with Gasteiger partial charge in [-0.2, -0.15) is 0 Å². The molecule has 1 aromatic heterocycles. The molecule has 9 nitrogen and oxygen atoms in total. The molecule has 0 spiro atoms. The van der Waals surface area contributed by atoms with Crippen molar-refractivity contribution in [2.24, 2.45) is 0 Å². The number of aliphatic hydroxyl groups excluding tert-OH is 1. The second-order valence-corrected chi connectivity index (χ2v) is 5.76. The van der Waals surface area contributed by atoms with E-state index < -0.39 is 42.3 Å². The molecule has 0 saturated carbocycles. The fraction of sp³-hybridized carbons (Fsp3) is 0.600. The number of H-pyrrole nitrogens is 1. The molecule has 0 aliphatic carbocycles. The van der Waals surface area contributed by atoms with Crippen LogP contribution in [0.3, 0.4) is 0 Å². The van der Waals surface area contributed by atoms with Crippen molar-refractivity contribution < 1.29 is 24.2 Å². The summed E-state index contributed by atoms with van der Waals surface area (Å²) in [6.07, 6.45) is -0.738. The number of rotatable bonds is 6. The number of hydrogen-bond acceptors (Lipinski definition) is 7. The predicted molar refractivity (Wildman–Crippen MR) is 81.5 cm³/mol. The van der Waals surface area contributed by atoms with Gasteiger partial charge in [-0.1, -0.05) is 0 Å². The average molecular weight is 340 g/mol. The van der Waals surface area contributed by atoms with E-state index >= 15 is 0 Å². The molecule has 2 N–H and O–H groups in total. The van der Waals surface area contributed by atoms with E-state index in [0.717, 1.165) is 0 Å². The Bertz CT molecular complexity index is 736. The van der Waals surface area contributed by atoms with E-state index in [1.807, 2.05) is 0 Å². The Morgan fingerprint density at radius 3 is 2.75 bits per heavy atom. The zero-order valence-electron chi connectivity index (χ0n) is 13.5. The molecule has 0 unspecified atom stereocenters. The Kier molecular flexibility index (Phi) is 5.68. The number of aromatic nitrogens is 2. The molecule has 0 amide bonds. The number of aliphatic hydroxyl groups is 1. The minimum Gasteiger partial charge on any atom is -0.459 e.